The molecule has 0 unspecified atom stereocenters. The number of carbonyl (C=O) groups excluding carboxylic acids is 1. The highest BCUT2D eigenvalue weighted by atomic mass is 35.5. The Kier molecular flexibility index (Phi) is 6.65. The second kappa shape index (κ2) is 8.50. The zero-order valence-corrected chi connectivity index (χ0v) is 15.5. The van der Waals surface area contributed by atoms with Gasteiger partial charge in [0.05, 0.1) is 11.6 Å². The fourth-order valence-electron chi connectivity index (χ4n) is 2.41. The SMILES string of the molecule is CCOc1ccnc(N2CCN(C(=O)c3sccc3Cl)CC2)n1.Cl. The van der Waals surface area contributed by atoms with E-state index in [1.165, 1.54) is 11.3 Å². The summed E-state index contributed by atoms with van der Waals surface area (Å²) in [6, 6.07) is 3.49. The van der Waals surface area contributed by atoms with Crippen LogP contribution >= 0.6 is 35.3 Å². The van der Waals surface area contributed by atoms with Gasteiger partial charge in [-0.2, -0.15) is 4.98 Å². The molecule has 0 N–H and O–H groups in total. The Balaban J connectivity index is 0.00000208. The van der Waals surface area contributed by atoms with Gasteiger partial charge in [0, 0.05) is 38.4 Å². The van der Waals surface area contributed by atoms with Crippen LogP contribution in [0, 0.1) is 0 Å². The van der Waals surface area contributed by atoms with Gasteiger partial charge in [0.25, 0.3) is 5.91 Å². The number of hydrogen-bond donors (Lipinski definition) is 0. The average molecular weight is 389 g/mol. The molecule has 0 spiro atoms. The Morgan fingerprint density at radius 2 is 2.08 bits per heavy atom. The van der Waals surface area contributed by atoms with Crippen molar-refractivity contribution in [3.05, 3.63) is 33.6 Å². The lowest BCUT2D eigenvalue weighted by molar-refractivity contribution is 0.0751. The van der Waals surface area contributed by atoms with Gasteiger partial charge in [0.15, 0.2) is 0 Å². The van der Waals surface area contributed by atoms with Crippen LogP contribution in [-0.4, -0.2) is 53.6 Å². The van der Waals surface area contributed by atoms with Gasteiger partial charge < -0.3 is 14.5 Å². The van der Waals surface area contributed by atoms with Gasteiger partial charge in [-0.1, -0.05) is 11.6 Å². The number of rotatable bonds is 4. The number of aromatic nitrogens is 2. The molecule has 3 heterocycles. The van der Waals surface area contributed by atoms with E-state index in [4.69, 9.17) is 16.3 Å². The predicted octanol–water partition coefficient (Wildman–Crippen LogP) is 2.97. The van der Waals surface area contributed by atoms with Gasteiger partial charge in [0.1, 0.15) is 4.88 Å². The van der Waals surface area contributed by atoms with E-state index < -0.39 is 0 Å². The largest absolute Gasteiger partial charge is 0.478 e. The van der Waals surface area contributed by atoms with Gasteiger partial charge in [-0.3, -0.25) is 4.79 Å². The number of thiophene rings is 1. The van der Waals surface area contributed by atoms with E-state index in [2.05, 4.69) is 14.9 Å². The first kappa shape index (κ1) is 18.8. The number of nitrogens with zero attached hydrogens (tertiary/aromatic N) is 4. The van der Waals surface area contributed by atoms with Gasteiger partial charge in [-0.05, 0) is 18.4 Å². The Hall–Kier alpha value is -1.57. The zero-order valence-electron chi connectivity index (χ0n) is 13.1. The summed E-state index contributed by atoms with van der Waals surface area (Å²) >= 11 is 7.42. The molecule has 3 rings (SSSR count). The lowest BCUT2D eigenvalue weighted by Gasteiger charge is -2.34. The van der Waals surface area contributed by atoms with Crippen LogP contribution in [0.5, 0.6) is 5.88 Å². The summed E-state index contributed by atoms with van der Waals surface area (Å²) in [6.45, 7) is 5.10. The quantitative estimate of drug-likeness (QED) is 0.805. The molecular weight excluding hydrogens is 371 g/mol. The summed E-state index contributed by atoms with van der Waals surface area (Å²) in [5.41, 5.74) is 0. The standard InChI is InChI=1S/C15H17ClN4O2S.ClH/c1-2-22-12-3-5-17-15(18-12)20-8-6-19(7-9-20)14(21)13-11(16)4-10-23-13;/h3-5,10H,2,6-9H2,1H3;1H. The summed E-state index contributed by atoms with van der Waals surface area (Å²) in [6.07, 6.45) is 1.69. The van der Waals surface area contributed by atoms with Crippen LogP contribution in [0.2, 0.25) is 5.02 Å². The molecule has 9 heteroatoms. The third-order valence-corrected chi connectivity index (χ3v) is 4.90. The van der Waals surface area contributed by atoms with Crippen molar-refractivity contribution in [1.82, 2.24) is 14.9 Å². The Labute approximate surface area is 155 Å². The molecule has 6 nitrogen and oxygen atoms in total. The highest BCUT2D eigenvalue weighted by Gasteiger charge is 2.25. The first-order valence-corrected chi connectivity index (χ1v) is 8.68. The molecule has 1 aliphatic rings. The van der Waals surface area contributed by atoms with Crippen LogP contribution in [0.25, 0.3) is 0 Å². The highest BCUT2D eigenvalue weighted by Crippen LogP contribution is 2.24. The first-order chi connectivity index (χ1) is 11.2. The summed E-state index contributed by atoms with van der Waals surface area (Å²) in [4.78, 5) is 25.6. The number of halogens is 2. The van der Waals surface area contributed by atoms with Gasteiger partial charge in [-0.25, -0.2) is 4.98 Å². The van der Waals surface area contributed by atoms with E-state index in [1.807, 2.05) is 17.2 Å². The third kappa shape index (κ3) is 4.09. The lowest BCUT2D eigenvalue weighted by atomic mass is 10.3. The lowest BCUT2D eigenvalue weighted by Crippen LogP contribution is -2.49. The molecule has 1 saturated heterocycles. The highest BCUT2D eigenvalue weighted by molar-refractivity contribution is 7.12. The number of amides is 1. The molecule has 2 aromatic rings. The van der Waals surface area contributed by atoms with E-state index >= 15 is 0 Å². The van der Waals surface area contributed by atoms with Crippen molar-refractivity contribution in [3.63, 3.8) is 0 Å². The molecule has 24 heavy (non-hydrogen) atoms. The van der Waals surface area contributed by atoms with Gasteiger partial charge in [0.2, 0.25) is 11.8 Å². The third-order valence-electron chi connectivity index (χ3n) is 3.57. The maximum atomic E-state index is 12.4. The minimum atomic E-state index is -0.00589. The van der Waals surface area contributed by atoms with Gasteiger partial charge in [-0.15, -0.1) is 23.7 Å². The number of carbonyl (C=O) groups is 1. The Morgan fingerprint density at radius 3 is 2.71 bits per heavy atom. The normalized spacial score (nSPS) is 14.2. The van der Waals surface area contributed by atoms with Crippen LogP contribution in [0.15, 0.2) is 23.7 Å². The smallest absolute Gasteiger partial charge is 0.265 e. The van der Waals surface area contributed by atoms with Crippen molar-refractivity contribution in [2.24, 2.45) is 0 Å². The van der Waals surface area contributed by atoms with Crippen molar-refractivity contribution in [2.45, 2.75) is 6.92 Å². The number of anilines is 1. The van der Waals surface area contributed by atoms with Crippen LogP contribution in [0.4, 0.5) is 5.95 Å². The first-order valence-electron chi connectivity index (χ1n) is 7.42. The van der Waals surface area contributed by atoms with E-state index in [0.29, 0.717) is 54.5 Å². The molecule has 0 atom stereocenters. The number of piperazine rings is 1. The van der Waals surface area contributed by atoms with Crippen molar-refractivity contribution < 1.29 is 9.53 Å². The molecule has 130 valence electrons. The minimum Gasteiger partial charge on any atom is -0.478 e. The molecule has 0 aromatic carbocycles. The average Bonchev–Trinajstić information content (AvgIpc) is 3.01. The van der Waals surface area contributed by atoms with Crippen molar-refractivity contribution >= 4 is 47.2 Å². The summed E-state index contributed by atoms with van der Waals surface area (Å²) < 4.78 is 5.40. The van der Waals surface area contributed by atoms with Crippen molar-refractivity contribution in [1.29, 1.82) is 0 Å². The Morgan fingerprint density at radius 1 is 1.33 bits per heavy atom. The molecular formula is C15H18Cl2N4O2S. The fourth-order valence-corrected chi connectivity index (χ4v) is 3.52. The molecule has 1 aliphatic heterocycles. The summed E-state index contributed by atoms with van der Waals surface area (Å²) in [7, 11) is 0. The van der Waals surface area contributed by atoms with E-state index in [9.17, 15) is 4.79 Å². The van der Waals surface area contributed by atoms with Crippen molar-refractivity contribution in [2.75, 3.05) is 37.7 Å². The maximum Gasteiger partial charge on any atom is 0.265 e. The van der Waals surface area contributed by atoms with Gasteiger partial charge >= 0.3 is 0 Å². The van der Waals surface area contributed by atoms with Crippen molar-refractivity contribution in [3.8, 4) is 5.88 Å². The van der Waals surface area contributed by atoms with E-state index in [0.717, 1.165) is 0 Å². The summed E-state index contributed by atoms with van der Waals surface area (Å²) in [5.74, 6) is 1.20. The van der Waals surface area contributed by atoms with Crippen LogP contribution in [-0.2, 0) is 0 Å². The van der Waals surface area contributed by atoms with E-state index in [1.54, 1.807) is 18.3 Å². The predicted molar refractivity (Wildman–Crippen MR) is 97.9 cm³/mol. The molecule has 1 fully saturated rings. The zero-order chi connectivity index (χ0) is 16.2. The second-order valence-electron chi connectivity index (χ2n) is 5.00. The Bertz CT molecular complexity index is 690. The molecule has 0 radical (unpaired) electrons. The minimum absolute atomic E-state index is 0. The molecule has 0 bridgehead atoms. The maximum absolute atomic E-state index is 12.4. The molecule has 0 saturated carbocycles. The molecule has 0 aliphatic carbocycles. The molecule has 1 amide bonds. The second-order valence-corrected chi connectivity index (χ2v) is 6.33. The van der Waals surface area contributed by atoms with Crippen LogP contribution < -0.4 is 9.64 Å². The number of hydrogen-bond acceptors (Lipinski definition) is 6. The fraction of sp³-hybridized carbons (Fsp3) is 0.400. The van der Waals surface area contributed by atoms with Crippen LogP contribution in [0.1, 0.15) is 16.6 Å². The topological polar surface area (TPSA) is 58.6 Å². The van der Waals surface area contributed by atoms with E-state index in [-0.39, 0.29) is 18.3 Å². The monoisotopic (exact) mass is 388 g/mol. The molecule has 2 aromatic heterocycles. The number of ether oxygens (including phenoxy) is 1. The summed E-state index contributed by atoms with van der Waals surface area (Å²) in [5, 5.41) is 2.36. The van der Waals surface area contributed by atoms with Crippen LogP contribution in [0.3, 0.4) is 0 Å².